The average Bonchev–Trinajstić information content (AvgIpc) is 2.50. The maximum absolute atomic E-state index is 13.9. The molecule has 0 aliphatic carbocycles. The molecule has 0 amide bonds. The molecule has 0 bridgehead atoms. The fourth-order valence-corrected chi connectivity index (χ4v) is 2.39. The summed E-state index contributed by atoms with van der Waals surface area (Å²) < 4.78 is 36.9. The van der Waals surface area contributed by atoms with E-state index in [1.165, 1.54) is 14.0 Å². The van der Waals surface area contributed by atoms with E-state index in [1.807, 2.05) is 0 Å². The SMILES string of the molecule is C=C(CC(CCCCCC)CC(F)(F)C(=O)OCC)C(=O)OC. The molecular formula is C17H28F2O4. The molecular weight excluding hydrogens is 306 g/mol. The third kappa shape index (κ3) is 8.67. The minimum atomic E-state index is -3.55. The van der Waals surface area contributed by atoms with Crippen LogP contribution in [0, 0.1) is 5.92 Å². The number of unbranched alkanes of at least 4 members (excludes halogenated alkanes) is 3. The van der Waals surface area contributed by atoms with E-state index < -0.39 is 30.2 Å². The number of hydrogen-bond acceptors (Lipinski definition) is 4. The van der Waals surface area contributed by atoms with Crippen LogP contribution in [-0.4, -0.2) is 31.6 Å². The van der Waals surface area contributed by atoms with E-state index in [2.05, 4.69) is 23.0 Å². The number of carbonyl (C=O) groups is 2. The standard InChI is InChI=1S/C17H28F2O4/c1-5-7-8-9-10-14(11-13(3)15(20)22-4)12-17(18,19)16(21)23-6-2/h14H,3,5-12H2,1-2,4H3. The second-order valence-electron chi connectivity index (χ2n) is 5.64. The van der Waals surface area contributed by atoms with Gasteiger partial charge in [0.25, 0.3) is 0 Å². The number of methoxy groups -OCH3 is 1. The van der Waals surface area contributed by atoms with Gasteiger partial charge in [-0.05, 0) is 25.7 Å². The maximum atomic E-state index is 13.9. The summed E-state index contributed by atoms with van der Waals surface area (Å²) in [4.78, 5) is 22.8. The lowest BCUT2D eigenvalue weighted by molar-refractivity contribution is -0.174. The number of rotatable bonds is 12. The molecule has 0 aliphatic rings. The van der Waals surface area contributed by atoms with Gasteiger partial charge in [-0.1, -0.05) is 39.2 Å². The van der Waals surface area contributed by atoms with Gasteiger partial charge in [0.1, 0.15) is 0 Å². The summed E-state index contributed by atoms with van der Waals surface area (Å²) in [7, 11) is 1.22. The van der Waals surface area contributed by atoms with Crippen LogP contribution < -0.4 is 0 Å². The highest BCUT2D eigenvalue weighted by Gasteiger charge is 2.42. The molecule has 0 N–H and O–H groups in total. The lowest BCUT2D eigenvalue weighted by Crippen LogP contribution is -2.33. The smallest absolute Gasteiger partial charge is 0.376 e. The summed E-state index contributed by atoms with van der Waals surface area (Å²) in [6.07, 6.45) is 3.72. The molecule has 4 nitrogen and oxygen atoms in total. The molecule has 0 rings (SSSR count). The van der Waals surface area contributed by atoms with Crippen LogP contribution in [0.1, 0.15) is 58.8 Å². The Labute approximate surface area is 137 Å². The van der Waals surface area contributed by atoms with Crippen LogP contribution in [0.25, 0.3) is 0 Å². The van der Waals surface area contributed by atoms with E-state index in [-0.39, 0.29) is 18.6 Å². The summed E-state index contributed by atoms with van der Waals surface area (Å²) in [5.74, 6) is -6.19. The van der Waals surface area contributed by atoms with E-state index >= 15 is 0 Å². The van der Waals surface area contributed by atoms with Crippen molar-refractivity contribution in [2.45, 2.75) is 64.7 Å². The Hall–Kier alpha value is -1.46. The van der Waals surface area contributed by atoms with Gasteiger partial charge in [0.2, 0.25) is 0 Å². The Kier molecular flexibility index (Phi) is 10.4. The van der Waals surface area contributed by atoms with Gasteiger partial charge < -0.3 is 9.47 Å². The first-order valence-electron chi connectivity index (χ1n) is 8.09. The summed E-state index contributed by atoms with van der Waals surface area (Å²) >= 11 is 0. The van der Waals surface area contributed by atoms with Crippen LogP contribution in [0.5, 0.6) is 0 Å². The molecule has 0 spiro atoms. The molecule has 0 aromatic heterocycles. The quantitative estimate of drug-likeness (QED) is 0.304. The first-order chi connectivity index (χ1) is 10.8. The number of ether oxygens (including phenoxy) is 2. The Morgan fingerprint density at radius 2 is 1.83 bits per heavy atom. The van der Waals surface area contributed by atoms with Crippen molar-refractivity contribution < 1.29 is 27.8 Å². The first kappa shape index (κ1) is 21.5. The van der Waals surface area contributed by atoms with Crippen LogP contribution in [0.4, 0.5) is 8.78 Å². The second-order valence-corrected chi connectivity index (χ2v) is 5.64. The van der Waals surface area contributed by atoms with Gasteiger partial charge in [-0.15, -0.1) is 0 Å². The van der Waals surface area contributed by atoms with Gasteiger partial charge in [0.05, 0.1) is 13.7 Å². The average molecular weight is 334 g/mol. The minimum Gasteiger partial charge on any atom is -0.466 e. The van der Waals surface area contributed by atoms with Crippen molar-refractivity contribution in [2.75, 3.05) is 13.7 Å². The molecule has 6 heteroatoms. The zero-order chi connectivity index (χ0) is 17.9. The summed E-state index contributed by atoms with van der Waals surface area (Å²) in [5.41, 5.74) is 0.146. The first-order valence-corrected chi connectivity index (χ1v) is 8.09. The Morgan fingerprint density at radius 3 is 2.35 bits per heavy atom. The van der Waals surface area contributed by atoms with Gasteiger partial charge in [-0.3, -0.25) is 0 Å². The molecule has 0 aromatic rings. The van der Waals surface area contributed by atoms with Crippen LogP contribution in [-0.2, 0) is 19.1 Å². The maximum Gasteiger partial charge on any atom is 0.376 e. The number of carbonyl (C=O) groups excluding carboxylic acids is 2. The van der Waals surface area contributed by atoms with Gasteiger partial charge in [-0.2, -0.15) is 8.78 Å². The van der Waals surface area contributed by atoms with E-state index in [1.54, 1.807) is 0 Å². The number of hydrogen-bond donors (Lipinski definition) is 0. The molecule has 0 heterocycles. The summed E-state index contributed by atoms with van der Waals surface area (Å²) in [6, 6.07) is 0. The van der Waals surface area contributed by atoms with Crippen molar-refractivity contribution >= 4 is 11.9 Å². The lowest BCUT2D eigenvalue weighted by Gasteiger charge is -2.22. The zero-order valence-electron chi connectivity index (χ0n) is 14.3. The molecule has 0 saturated heterocycles. The van der Waals surface area contributed by atoms with Crippen LogP contribution in [0.2, 0.25) is 0 Å². The van der Waals surface area contributed by atoms with Crippen molar-refractivity contribution in [1.29, 1.82) is 0 Å². The van der Waals surface area contributed by atoms with Gasteiger partial charge in [-0.25, -0.2) is 9.59 Å². The largest absolute Gasteiger partial charge is 0.466 e. The topological polar surface area (TPSA) is 52.6 Å². The second kappa shape index (κ2) is 11.1. The molecule has 0 aromatic carbocycles. The molecule has 1 atom stereocenters. The van der Waals surface area contributed by atoms with E-state index in [0.717, 1.165) is 25.7 Å². The summed E-state index contributed by atoms with van der Waals surface area (Å²) in [5, 5.41) is 0. The van der Waals surface area contributed by atoms with Crippen LogP contribution >= 0.6 is 0 Å². The van der Waals surface area contributed by atoms with E-state index in [9.17, 15) is 18.4 Å². The van der Waals surface area contributed by atoms with Crippen molar-refractivity contribution in [3.63, 3.8) is 0 Å². The molecule has 134 valence electrons. The molecule has 23 heavy (non-hydrogen) atoms. The van der Waals surface area contributed by atoms with Crippen LogP contribution in [0.15, 0.2) is 12.2 Å². The van der Waals surface area contributed by atoms with Crippen molar-refractivity contribution in [3.05, 3.63) is 12.2 Å². The van der Waals surface area contributed by atoms with Gasteiger partial charge in [0, 0.05) is 12.0 Å². The highest BCUT2D eigenvalue weighted by atomic mass is 19.3. The third-order valence-corrected chi connectivity index (χ3v) is 3.59. The number of alkyl halides is 2. The number of halogens is 2. The zero-order valence-corrected chi connectivity index (χ0v) is 14.3. The molecule has 0 saturated carbocycles. The monoisotopic (exact) mass is 334 g/mol. The Morgan fingerprint density at radius 1 is 1.17 bits per heavy atom. The molecule has 0 fully saturated rings. The van der Waals surface area contributed by atoms with Crippen molar-refractivity contribution in [3.8, 4) is 0 Å². The summed E-state index contributed by atoms with van der Waals surface area (Å²) in [6.45, 7) is 7.03. The molecule has 1 unspecified atom stereocenters. The Bertz CT molecular complexity index is 394. The predicted molar refractivity (Wildman–Crippen MR) is 84.2 cm³/mol. The van der Waals surface area contributed by atoms with E-state index in [0.29, 0.717) is 6.42 Å². The van der Waals surface area contributed by atoms with Crippen LogP contribution in [0.3, 0.4) is 0 Å². The fourth-order valence-electron chi connectivity index (χ4n) is 2.39. The predicted octanol–water partition coefficient (Wildman–Crippen LogP) is 4.28. The highest BCUT2D eigenvalue weighted by molar-refractivity contribution is 5.87. The molecule has 0 aliphatic heterocycles. The third-order valence-electron chi connectivity index (χ3n) is 3.59. The number of esters is 2. The Balaban J connectivity index is 4.78. The van der Waals surface area contributed by atoms with Gasteiger partial charge in [0.15, 0.2) is 0 Å². The molecule has 0 radical (unpaired) electrons. The normalized spacial score (nSPS) is 12.6. The lowest BCUT2D eigenvalue weighted by atomic mass is 9.88. The van der Waals surface area contributed by atoms with E-state index in [4.69, 9.17) is 0 Å². The fraction of sp³-hybridized carbons (Fsp3) is 0.765. The van der Waals surface area contributed by atoms with Crippen molar-refractivity contribution in [2.24, 2.45) is 5.92 Å². The van der Waals surface area contributed by atoms with Gasteiger partial charge >= 0.3 is 17.9 Å². The highest BCUT2D eigenvalue weighted by Crippen LogP contribution is 2.32. The minimum absolute atomic E-state index is 0.0911. The van der Waals surface area contributed by atoms with Crippen molar-refractivity contribution in [1.82, 2.24) is 0 Å².